The highest BCUT2D eigenvalue weighted by Gasteiger charge is 2.18. The summed E-state index contributed by atoms with van der Waals surface area (Å²) in [5.74, 6) is 0.318. The zero-order chi connectivity index (χ0) is 28.4. The van der Waals surface area contributed by atoms with Crippen molar-refractivity contribution in [3.8, 4) is 22.6 Å². The van der Waals surface area contributed by atoms with E-state index in [0.29, 0.717) is 41.3 Å². The summed E-state index contributed by atoms with van der Waals surface area (Å²) in [4.78, 5) is 23.3. The van der Waals surface area contributed by atoms with Crippen LogP contribution in [0.15, 0.2) is 66.2 Å². The Kier molecular flexibility index (Phi) is 7.66. The van der Waals surface area contributed by atoms with Crippen LogP contribution < -0.4 is 0 Å². The van der Waals surface area contributed by atoms with Gasteiger partial charge in [0.05, 0.1) is 22.6 Å². The fourth-order valence-corrected chi connectivity index (χ4v) is 4.97. The van der Waals surface area contributed by atoms with Gasteiger partial charge in [-0.15, -0.1) is 0 Å². The number of aromatic nitrogens is 6. The lowest BCUT2D eigenvalue weighted by atomic mass is 10.0. The largest absolute Gasteiger partial charge is 0.335 e. The molecule has 4 aromatic heterocycles. The summed E-state index contributed by atoms with van der Waals surface area (Å²) < 4.78 is 14.9. The van der Waals surface area contributed by atoms with E-state index in [9.17, 15) is 4.39 Å². The number of aromatic amines is 2. The van der Waals surface area contributed by atoms with E-state index in [1.165, 1.54) is 6.07 Å². The molecule has 0 aliphatic carbocycles. The standard InChI is InChI=1S/C31H33FN8/c1-18(2)40(19(3)4)17-21-10-22(12-24(32)11-21)26-15-34-16-27-28(26)37-31(36-27)29-25-13-23(14-35-30(25)39-38-29)20(5)8-7-9-33-6/h7-16,18-19H,6,17H2,1-5H3,(H,36,37)(H,35,38,39)/b9-7-,20-8+. The Morgan fingerprint density at radius 2 is 1.90 bits per heavy atom. The molecule has 1 aromatic carbocycles. The van der Waals surface area contributed by atoms with Crippen LogP contribution in [0, 0.1) is 5.82 Å². The third kappa shape index (κ3) is 5.46. The topological polar surface area (TPSA) is 98.7 Å². The summed E-state index contributed by atoms with van der Waals surface area (Å²) in [6.45, 7) is 14.7. The molecule has 0 amide bonds. The Hall–Kier alpha value is -4.50. The molecule has 0 fully saturated rings. The van der Waals surface area contributed by atoms with Crippen LogP contribution in [0.2, 0.25) is 0 Å². The molecule has 0 saturated carbocycles. The first-order valence-electron chi connectivity index (χ1n) is 13.3. The Bertz CT molecular complexity index is 1730. The summed E-state index contributed by atoms with van der Waals surface area (Å²) >= 11 is 0. The molecule has 0 spiro atoms. The number of benzene rings is 1. The van der Waals surface area contributed by atoms with Crippen LogP contribution >= 0.6 is 0 Å². The summed E-state index contributed by atoms with van der Waals surface area (Å²) in [6.07, 6.45) is 10.7. The number of nitrogens with one attached hydrogen (secondary N) is 2. The minimum absolute atomic E-state index is 0.284. The van der Waals surface area contributed by atoms with Crippen LogP contribution in [-0.4, -0.2) is 53.8 Å². The molecule has 40 heavy (non-hydrogen) atoms. The molecule has 0 atom stereocenters. The number of H-pyrrole nitrogens is 2. The van der Waals surface area contributed by atoms with Gasteiger partial charge in [-0.25, -0.2) is 14.4 Å². The van der Waals surface area contributed by atoms with Crippen LogP contribution in [0.5, 0.6) is 0 Å². The summed E-state index contributed by atoms with van der Waals surface area (Å²) in [5, 5.41) is 8.29. The first kappa shape index (κ1) is 27.1. The van der Waals surface area contributed by atoms with Gasteiger partial charge >= 0.3 is 0 Å². The number of imidazole rings is 1. The molecule has 0 bridgehead atoms. The lowest BCUT2D eigenvalue weighted by molar-refractivity contribution is 0.166. The van der Waals surface area contributed by atoms with Crippen molar-refractivity contribution in [2.75, 3.05) is 0 Å². The van der Waals surface area contributed by atoms with Crippen molar-refractivity contribution >= 4 is 34.4 Å². The van der Waals surface area contributed by atoms with Gasteiger partial charge in [0.2, 0.25) is 0 Å². The summed E-state index contributed by atoms with van der Waals surface area (Å²) in [5.41, 5.74) is 7.12. The number of rotatable bonds is 9. The van der Waals surface area contributed by atoms with E-state index < -0.39 is 0 Å². The molecule has 204 valence electrons. The average molecular weight is 537 g/mol. The molecule has 0 unspecified atom stereocenters. The van der Waals surface area contributed by atoms with Crippen molar-refractivity contribution in [3.63, 3.8) is 0 Å². The molecule has 5 rings (SSSR count). The molecule has 0 aliphatic rings. The van der Waals surface area contributed by atoms with Crippen LogP contribution in [0.25, 0.3) is 50.3 Å². The van der Waals surface area contributed by atoms with Crippen LogP contribution in [0.4, 0.5) is 4.39 Å². The molecule has 0 aliphatic heterocycles. The molecule has 4 heterocycles. The highest BCUT2D eigenvalue weighted by Crippen LogP contribution is 2.32. The average Bonchev–Trinajstić information content (AvgIpc) is 3.54. The maximum absolute atomic E-state index is 14.9. The molecule has 2 N–H and O–H groups in total. The maximum atomic E-state index is 14.9. The van der Waals surface area contributed by atoms with Crippen LogP contribution in [0.1, 0.15) is 45.7 Å². The van der Waals surface area contributed by atoms with Crippen molar-refractivity contribution < 1.29 is 4.39 Å². The smallest absolute Gasteiger partial charge is 0.181 e. The second-order valence-electron chi connectivity index (χ2n) is 10.4. The van der Waals surface area contributed by atoms with Crippen molar-refractivity contribution in [1.82, 2.24) is 35.0 Å². The molecule has 0 radical (unpaired) electrons. The quantitative estimate of drug-likeness (QED) is 0.157. The molecule has 5 aromatic rings. The predicted molar refractivity (Wildman–Crippen MR) is 160 cm³/mol. The van der Waals surface area contributed by atoms with Gasteiger partial charge < -0.3 is 4.98 Å². The first-order chi connectivity index (χ1) is 19.2. The second-order valence-corrected chi connectivity index (χ2v) is 10.4. The van der Waals surface area contributed by atoms with Gasteiger partial charge in [-0.3, -0.25) is 20.0 Å². The first-order valence-corrected chi connectivity index (χ1v) is 13.3. The lowest BCUT2D eigenvalue weighted by Gasteiger charge is -2.30. The van der Waals surface area contributed by atoms with Crippen LogP contribution in [-0.2, 0) is 6.54 Å². The van der Waals surface area contributed by atoms with Crippen molar-refractivity contribution in [2.24, 2.45) is 4.99 Å². The maximum Gasteiger partial charge on any atom is 0.181 e. The van der Waals surface area contributed by atoms with Gasteiger partial charge in [0.1, 0.15) is 11.5 Å². The number of halogens is 1. The molecule has 9 heteroatoms. The predicted octanol–water partition coefficient (Wildman–Crippen LogP) is 6.94. The van der Waals surface area contributed by atoms with E-state index in [1.54, 1.807) is 30.9 Å². The van der Waals surface area contributed by atoms with Crippen molar-refractivity contribution in [3.05, 3.63) is 78.2 Å². The minimum Gasteiger partial charge on any atom is -0.335 e. The monoisotopic (exact) mass is 536 g/mol. The third-order valence-electron chi connectivity index (χ3n) is 6.99. The zero-order valence-electron chi connectivity index (χ0n) is 23.4. The van der Waals surface area contributed by atoms with Gasteiger partial charge in [0.15, 0.2) is 11.5 Å². The van der Waals surface area contributed by atoms with E-state index in [4.69, 9.17) is 4.98 Å². The van der Waals surface area contributed by atoms with Gasteiger partial charge in [-0.05, 0) is 93.9 Å². The molecule has 0 saturated heterocycles. The summed E-state index contributed by atoms with van der Waals surface area (Å²) in [7, 11) is 0. The number of fused-ring (bicyclic) bond motifs is 2. The third-order valence-corrected chi connectivity index (χ3v) is 6.99. The number of hydrogen-bond acceptors (Lipinski definition) is 6. The Morgan fingerprint density at radius 3 is 2.65 bits per heavy atom. The van der Waals surface area contributed by atoms with E-state index in [-0.39, 0.29) is 5.82 Å². The van der Waals surface area contributed by atoms with Gasteiger partial charge in [0, 0.05) is 42.8 Å². The highest BCUT2D eigenvalue weighted by molar-refractivity contribution is 5.96. The summed E-state index contributed by atoms with van der Waals surface area (Å²) in [6, 6.07) is 7.87. The Balaban J connectivity index is 1.56. The SMILES string of the molecule is C=N/C=C\C=C(/C)c1cnc2n[nH]c(-c3nc4c(-c5cc(F)cc(CN(C(C)C)C(C)C)c5)cncc4[nH]3)c2c1. The van der Waals surface area contributed by atoms with Crippen LogP contribution in [0.3, 0.4) is 0 Å². The minimum atomic E-state index is -0.284. The number of pyridine rings is 2. The van der Waals surface area contributed by atoms with Crippen molar-refractivity contribution in [2.45, 2.75) is 53.2 Å². The van der Waals surface area contributed by atoms with Gasteiger partial charge in [-0.1, -0.05) is 6.08 Å². The van der Waals surface area contributed by atoms with Gasteiger partial charge in [-0.2, -0.15) is 5.10 Å². The second kappa shape index (κ2) is 11.3. The normalized spacial score (nSPS) is 12.7. The number of allylic oxidation sites excluding steroid dienone is 3. The zero-order valence-corrected chi connectivity index (χ0v) is 23.4. The van der Waals surface area contributed by atoms with E-state index in [0.717, 1.165) is 38.7 Å². The number of aliphatic imine (C=N–C) groups is 1. The molecular formula is C31H33FN8. The number of nitrogens with zero attached hydrogens (tertiary/aromatic N) is 6. The Morgan fingerprint density at radius 1 is 1.10 bits per heavy atom. The molecule has 8 nitrogen and oxygen atoms in total. The molecular weight excluding hydrogens is 503 g/mol. The van der Waals surface area contributed by atoms with E-state index in [2.05, 4.69) is 69.5 Å². The number of hydrogen-bond donors (Lipinski definition) is 2. The lowest BCUT2D eigenvalue weighted by Crippen LogP contribution is -2.36. The van der Waals surface area contributed by atoms with E-state index in [1.807, 2.05) is 31.2 Å². The Labute approximate surface area is 232 Å². The van der Waals surface area contributed by atoms with Gasteiger partial charge in [0.25, 0.3) is 0 Å². The van der Waals surface area contributed by atoms with Crippen molar-refractivity contribution in [1.29, 1.82) is 0 Å². The fraction of sp³-hybridized carbons (Fsp3) is 0.258. The fourth-order valence-electron chi connectivity index (χ4n) is 4.97. The highest BCUT2D eigenvalue weighted by atomic mass is 19.1. The van der Waals surface area contributed by atoms with E-state index >= 15 is 0 Å².